The van der Waals surface area contributed by atoms with Crippen molar-refractivity contribution in [3.63, 3.8) is 0 Å². The number of nitrogens with zero attached hydrogens (tertiary/aromatic N) is 1. The Morgan fingerprint density at radius 1 is 1.26 bits per heavy atom. The van der Waals surface area contributed by atoms with E-state index in [0.717, 1.165) is 6.42 Å². The summed E-state index contributed by atoms with van der Waals surface area (Å²) in [7, 11) is 3.31. The Labute approximate surface area is 113 Å². The van der Waals surface area contributed by atoms with E-state index in [1.54, 1.807) is 19.1 Å². The highest BCUT2D eigenvalue weighted by Crippen LogP contribution is 2.24. The Balaban J connectivity index is 2.73. The summed E-state index contributed by atoms with van der Waals surface area (Å²) in [4.78, 5) is 1.60. The van der Waals surface area contributed by atoms with Crippen LogP contribution >= 0.6 is 0 Å². The van der Waals surface area contributed by atoms with E-state index in [1.807, 2.05) is 6.92 Å². The number of hydrogen-bond acceptors (Lipinski definition) is 3. The van der Waals surface area contributed by atoms with Crippen LogP contribution in [0.2, 0.25) is 0 Å². The zero-order valence-corrected chi connectivity index (χ0v) is 11.8. The van der Waals surface area contributed by atoms with E-state index in [1.165, 1.54) is 12.1 Å². The fourth-order valence-corrected chi connectivity index (χ4v) is 1.94. The Bertz CT molecular complexity index is 376. The highest BCUT2D eigenvalue weighted by Gasteiger charge is 2.14. The summed E-state index contributed by atoms with van der Waals surface area (Å²) in [6.45, 7) is 4.24. The lowest BCUT2D eigenvalue weighted by atomic mass is 10.1. The Morgan fingerprint density at radius 2 is 1.89 bits per heavy atom. The highest BCUT2D eigenvalue weighted by atomic mass is 19.1. The first-order chi connectivity index (χ1) is 9.10. The van der Waals surface area contributed by atoms with Crippen LogP contribution in [-0.2, 0) is 11.3 Å². The monoisotopic (exact) mass is 272 g/mol. The molecule has 0 fully saturated rings. The topological polar surface area (TPSA) is 24.5 Å². The van der Waals surface area contributed by atoms with Gasteiger partial charge >= 0.3 is 0 Å². The van der Waals surface area contributed by atoms with Crippen LogP contribution in [0.15, 0.2) is 12.1 Å². The van der Waals surface area contributed by atoms with Crippen molar-refractivity contribution in [2.45, 2.75) is 19.9 Å². The zero-order valence-electron chi connectivity index (χ0n) is 11.8. The van der Waals surface area contributed by atoms with Crippen molar-refractivity contribution >= 4 is 5.69 Å². The number of anilines is 1. The van der Waals surface area contributed by atoms with E-state index >= 15 is 0 Å². The van der Waals surface area contributed by atoms with Crippen molar-refractivity contribution in [3.05, 3.63) is 29.3 Å². The standard InChI is InChI=1S/C14H22F2N2O/c1-4-6-18(2)14-12(15)8-11(9-13(14)16)10-17-5-7-19-3/h8-9,17H,4-7,10H2,1-3H3. The van der Waals surface area contributed by atoms with E-state index in [9.17, 15) is 8.78 Å². The molecule has 0 radical (unpaired) electrons. The van der Waals surface area contributed by atoms with E-state index in [0.29, 0.717) is 31.8 Å². The molecule has 0 saturated carbocycles. The summed E-state index contributed by atoms with van der Waals surface area (Å²) in [5.41, 5.74) is 0.641. The molecule has 0 atom stereocenters. The molecule has 1 rings (SSSR count). The molecule has 0 unspecified atom stereocenters. The maximum Gasteiger partial charge on any atom is 0.149 e. The summed E-state index contributed by atoms with van der Waals surface area (Å²) in [5.74, 6) is -1.03. The average Bonchev–Trinajstić information content (AvgIpc) is 2.34. The van der Waals surface area contributed by atoms with Crippen molar-refractivity contribution in [1.82, 2.24) is 5.32 Å². The fourth-order valence-electron chi connectivity index (χ4n) is 1.94. The molecule has 0 aliphatic carbocycles. The molecule has 0 heterocycles. The first-order valence-electron chi connectivity index (χ1n) is 6.48. The van der Waals surface area contributed by atoms with E-state index < -0.39 is 11.6 Å². The van der Waals surface area contributed by atoms with E-state index in [-0.39, 0.29) is 5.69 Å². The molecule has 19 heavy (non-hydrogen) atoms. The molecule has 0 bridgehead atoms. The number of rotatable bonds is 8. The molecule has 1 aromatic rings. The summed E-state index contributed by atoms with van der Waals surface area (Å²) in [6, 6.07) is 2.76. The van der Waals surface area contributed by atoms with Crippen LogP contribution < -0.4 is 10.2 Å². The van der Waals surface area contributed by atoms with E-state index in [4.69, 9.17) is 4.74 Å². The number of ether oxygens (including phenoxy) is 1. The Kier molecular flexibility index (Phi) is 6.73. The largest absolute Gasteiger partial charge is 0.383 e. The maximum absolute atomic E-state index is 13.9. The van der Waals surface area contributed by atoms with Gasteiger partial charge in [0.25, 0.3) is 0 Å². The second-order valence-electron chi connectivity index (χ2n) is 4.50. The fraction of sp³-hybridized carbons (Fsp3) is 0.571. The minimum atomic E-state index is -0.514. The number of benzene rings is 1. The summed E-state index contributed by atoms with van der Waals surface area (Å²) >= 11 is 0. The van der Waals surface area contributed by atoms with Crippen LogP contribution in [0, 0.1) is 11.6 Å². The van der Waals surface area contributed by atoms with Crippen LogP contribution in [0.5, 0.6) is 0 Å². The molecule has 3 nitrogen and oxygen atoms in total. The number of nitrogens with one attached hydrogen (secondary N) is 1. The first kappa shape index (κ1) is 15.9. The predicted molar refractivity (Wildman–Crippen MR) is 73.5 cm³/mol. The van der Waals surface area contributed by atoms with Crippen LogP contribution in [0.25, 0.3) is 0 Å². The van der Waals surface area contributed by atoms with Crippen molar-refractivity contribution in [2.75, 3.05) is 38.8 Å². The van der Waals surface area contributed by atoms with E-state index in [2.05, 4.69) is 5.32 Å². The molecule has 0 spiro atoms. The van der Waals surface area contributed by atoms with Crippen LogP contribution in [-0.4, -0.2) is 33.9 Å². The molecule has 1 N–H and O–H groups in total. The molecule has 1 aromatic carbocycles. The minimum Gasteiger partial charge on any atom is -0.383 e. The molecule has 108 valence electrons. The van der Waals surface area contributed by atoms with Gasteiger partial charge < -0.3 is 15.0 Å². The van der Waals surface area contributed by atoms with Gasteiger partial charge in [-0.25, -0.2) is 8.78 Å². The van der Waals surface area contributed by atoms with Crippen molar-refractivity contribution in [1.29, 1.82) is 0 Å². The zero-order chi connectivity index (χ0) is 14.3. The molecule has 0 aliphatic heterocycles. The normalized spacial score (nSPS) is 10.8. The summed E-state index contributed by atoms with van der Waals surface area (Å²) < 4.78 is 32.7. The molecule has 0 amide bonds. The Morgan fingerprint density at radius 3 is 2.42 bits per heavy atom. The number of halogens is 2. The minimum absolute atomic E-state index is 0.0440. The highest BCUT2D eigenvalue weighted by molar-refractivity contribution is 5.50. The second kappa shape index (κ2) is 8.07. The van der Waals surface area contributed by atoms with Gasteiger partial charge in [-0.15, -0.1) is 0 Å². The SMILES string of the molecule is CCCN(C)c1c(F)cc(CNCCOC)cc1F. The van der Waals surface area contributed by atoms with Crippen LogP contribution in [0.4, 0.5) is 14.5 Å². The van der Waals surface area contributed by atoms with Crippen molar-refractivity contribution < 1.29 is 13.5 Å². The smallest absolute Gasteiger partial charge is 0.149 e. The van der Waals surface area contributed by atoms with Gasteiger partial charge in [-0.1, -0.05) is 6.92 Å². The lowest BCUT2D eigenvalue weighted by Crippen LogP contribution is -2.22. The van der Waals surface area contributed by atoms with Gasteiger partial charge in [-0.05, 0) is 24.1 Å². The molecule has 0 aromatic heterocycles. The van der Waals surface area contributed by atoms with Gasteiger partial charge in [0.2, 0.25) is 0 Å². The number of hydrogen-bond donors (Lipinski definition) is 1. The van der Waals surface area contributed by atoms with Gasteiger partial charge in [0, 0.05) is 33.8 Å². The molecular formula is C14H22F2N2O. The van der Waals surface area contributed by atoms with Crippen LogP contribution in [0.1, 0.15) is 18.9 Å². The maximum atomic E-state index is 13.9. The average molecular weight is 272 g/mol. The van der Waals surface area contributed by atoms with Gasteiger partial charge in [-0.2, -0.15) is 0 Å². The quantitative estimate of drug-likeness (QED) is 0.736. The van der Waals surface area contributed by atoms with Crippen molar-refractivity contribution in [2.24, 2.45) is 0 Å². The molecular weight excluding hydrogens is 250 g/mol. The lowest BCUT2D eigenvalue weighted by Gasteiger charge is -2.20. The molecule has 5 heteroatoms. The van der Waals surface area contributed by atoms with Crippen LogP contribution in [0.3, 0.4) is 0 Å². The first-order valence-corrected chi connectivity index (χ1v) is 6.48. The summed E-state index contributed by atoms with van der Waals surface area (Å²) in [6.07, 6.45) is 0.843. The van der Waals surface area contributed by atoms with Gasteiger partial charge in [0.1, 0.15) is 17.3 Å². The third-order valence-corrected chi connectivity index (χ3v) is 2.83. The third-order valence-electron chi connectivity index (χ3n) is 2.83. The van der Waals surface area contributed by atoms with Gasteiger partial charge in [-0.3, -0.25) is 0 Å². The third kappa shape index (κ3) is 4.76. The lowest BCUT2D eigenvalue weighted by molar-refractivity contribution is 0.199. The van der Waals surface area contributed by atoms with Gasteiger partial charge in [0.15, 0.2) is 0 Å². The van der Waals surface area contributed by atoms with Crippen molar-refractivity contribution in [3.8, 4) is 0 Å². The number of methoxy groups -OCH3 is 1. The van der Waals surface area contributed by atoms with Gasteiger partial charge in [0.05, 0.1) is 6.61 Å². The Hall–Kier alpha value is -1.20. The molecule has 0 saturated heterocycles. The second-order valence-corrected chi connectivity index (χ2v) is 4.50. The predicted octanol–water partition coefficient (Wildman–Crippen LogP) is 2.55. The summed E-state index contributed by atoms with van der Waals surface area (Å²) in [5, 5.41) is 3.06. The molecule has 0 aliphatic rings.